The predicted molar refractivity (Wildman–Crippen MR) is 209 cm³/mol. The summed E-state index contributed by atoms with van der Waals surface area (Å²) >= 11 is 2.19. The number of para-hydroxylation sites is 1. The van der Waals surface area contributed by atoms with Crippen molar-refractivity contribution < 1.29 is 33.4 Å². The summed E-state index contributed by atoms with van der Waals surface area (Å²) in [6.07, 6.45) is 1.55. The predicted octanol–water partition coefficient (Wildman–Crippen LogP) is 7.63. The monoisotopic (exact) mass is 748 g/mol. The van der Waals surface area contributed by atoms with Gasteiger partial charge in [0.15, 0.2) is 0 Å². The van der Waals surface area contributed by atoms with Gasteiger partial charge in [-0.3, -0.25) is 19.2 Å². The van der Waals surface area contributed by atoms with Crippen LogP contribution < -0.4 is 26.0 Å². The maximum Gasteiger partial charge on any atom is 0.341 e. The number of hydrogen-bond acceptors (Lipinski definition) is 9. The Hall–Kier alpha value is -6.18. The lowest BCUT2D eigenvalue weighted by Gasteiger charge is -2.12. The number of carbonyl (C=O) groups excluding carboxylic acids is 5. The van der Waals surface area contributed by atoms with E-state index in [0.717, 1.165) is 11.3 Å². The van der Waals surface area contributed by atoms with E-state index in [4.69, 9.17) is 9.47 Å². The number of thiophene rings is 1. The van der Waals surface area contributed by atoms with Crippen LogP contribution >= 0.6 is 23.1 Å². The SMILES string of the molecule is CCOC(=O)c1c(NC(=O)CSc2cccc(NC(=O)/C(=C/c3cccc(OC)c3)NC(=O)c3ccccc3)c2)sc(C(=O)Nc2ccccc2)c1C. The van der Waals surface area contributed by atoms with E-state index in [0.29, 0.717) is 38.7 Å². The van der Waals surface area contributed by atoms with Crippen LogP contribution in [-0.2, 0) is 14.3 Å². The van der Waals surface area contributed by atoms with E-state index in [1.165, 1.54) is 18.9 Å². The number of carbonyl (C=O) groups is 5. The highest BCUT2D eigenvalue weighted by Gasteiger charge is 2.27. The first-order chi connectivity index (χ1) is 25.6. The summed E-state index contributed by atoms with van der Waals surface area (Å²) in [6.45, 7) is 3.43. The average molecular weight is 749 g/mol. The molecule has 0 aliphatic heterocycles. The minimum Gasteiger partial charge on any atom is -0.497 e. The number of nitrogens with one attached hydrogen (secondary N) is 4. The van der Waals surface area contributed by atoms with Gasteiger partial charge in [0.25, 0.3) is 17.7 Å². The van der Waals surface area contributed by atoms with Crippen LogP contribution in [0.1, 0.15) is 48.4 Å². The third-order valence-electron chi connectivity index (χ3n) is 7.51. The molecule has 1 heterocycles. The lowest BCUT2D eigenvalue weighted by Crippen LogP contribution is -2.30. The number of benzene rings is 4. The molecule has 5 rings (SSSR count). The molecule has 53 heavy (non-hydrogen) atoms. The molecular formula is C40H36N4O7S2. The van der Waals surface area contributed by atoms with Crippen LogP contribution in [0.15, 0.2) is 120 Å². The third-order valence-corrected chi connectivity index (χ3v) is 9.71. The van der Waals surface area contributed by atoms with Gasteiger partial charge >= 0.3 is 5.97 Å². The summed E-state index contributed by atoms with van der Waals surface area (Å²) in [4.78, 5) is 66.8. The number of ether oxygens (including phenoxy) is 2. The van der Waals surface area contributed by atoms with Crippen molar-refractivity contribution in [1.29, 1.82) is 0 Å². The number of rotatable bonds is 14. The Morgan fingerprint density at radius 3 is 2.19 bits per heavy atom. The number of thioether (sulfide) groups is 1. The van der Waals surface area contributed by atoms with Gasteiger partial charge in [-0.25, -0.2) is 4.79 Å². The molecule has 11 nitrogen and oxygen atoms in total. The fourth-order valence-electron chi connectivity index (χ4n) is 4.99. The molecular weight excluding hydrogens is 713 g/mol. The zero-order valence-corrected chi connectivity index (χ0v) is 30.7. The van der Waals surface area contributed by atoms with Crippen molar-refractivity contribution in [2.75, 3.05) is 35.4 Å². The fraction of sp³-hybridized carbons (Fsp3) is 0.125. The first-order valence-corrected chi connectivity index (χ1v) is 18.2. The van der Waals surface area contributed by atoms with E-state index in [2.05, 4.69) is 21.3 Å². The number of anilines is 3. The van der Waals surface area contributed by atoms with Gasteiger partial charge in [-0.15, -0.1) is 23.1 Å². The summed E-state index contributed by atoms with van der Waals surface area (Å²) in [5.74, 6) is -1.97. The number of hydrogen-bond donors (Lipinski definition) is 4. The largest absolute Gasteiger partial charge is 0.497 e. The van der Waals surface area contributed by atoms with E-state index < -0.39 is 29.6 Å². The Bertz CT molecular complexity index is 2150. The van der Waals surface area contributed by atoms with Crippen LogP contribution in [0.3, 0.4) is 0 Å². The zero-order chi connectivity index (χ0) is 37.7. The Kier molecular flexibility index (Phi) is 13.2. The molecule has 13 heteroatoms. The fourth-order valence-corrected chi connectivity index (χ4v) is 6.85. The van der Waals surface area contributed by atoms with Crippen molar-refractivity contribution >= 4 is 75.1 Å². The summed E-state index contributed by atoms with van der Waals surface area (Å²) in [7, 11) is 1.54. The van der Waals surface area contributed by atoms with E-state index in [1.807, 2.05) is 6.07 Å². The minimum absolute atomic E-state index is 0.00463. The lowest BCUT2D eigenvalue weighted by molar-refractivity contribution is -0.114. The zero-order valence-electron chi connectivity index (χ0n) is 29.1. The molecule has 0 aliphatic carbocycles. The number of esters is 1. The Morgan fingerprint density at radius 1 is 0.774 bits per heavy atom. The van der Waals surface area contributed by atoms with Gasteiger partial charge in [-0.1, -0.05) is 54.6 Å². The van der Waals surface area contributed by atoms with Crippen LogP contribution in [0.25, 0.3) is 6.08 Å². The molecule has 0 spiro atoms. The topological polar surface area (TPSA) is 152 Å². The maximum atomic E-state index is 13.6. The van der Waals surface area contributed by atoms with E-state index >= 15 is 0 Å². The summed E-state index contributed by atoms with van der Waals surface area (Å²) in [6, 6.07) is 31.4. The molecule has 0 bridgehead atoms. The van der Waals surface area contributed by atoms with Crippen LogP contribution in [0.5, 0.6) is 5.75 Å². The lowest BCUT2D eigenvalue weighted by atomic mass is 10.1. The van der Waals surface area contributed by atoms with Gasteiger partial charge in [0, 0.05) is 21.8 Å². The molecule has 4 amide bonds. The van der Waals surface area contributed by atoms with Crippen LogP contribution in [0.4, 0.5) is 16.4 Å². The molecule has 0 saturated carbocycles. The Morgan fingerprint density at radius 2 is 1.47 bits per heavy atom. The van der Waals surface area contributed by atoms with Crippen molar-refractivity contribution in [3.8, 4) is 5.75 Å². The van der Waals surface area contributed by atoms with Crippen molar-refractivity contribution in [3.63, 3.8) is 0 Å². The number of amides is 4. The molecule has 0 saturated heterocycles. The Balaban J connectivity index is 1.28. The molecule has 0 radical (unpaired) electrons. The maximum absolute atomic E-state index is 13.6. The average Bonchev–Trinajstić information content (AvgIpc) is 3.49. The molecule has 0 atom stereocenters. The summed E-state index contributed by atoms with van der Waals surface area (Å²) in [5, 5.41) is 11.3. The summed E-state index contributed by atoms with van der Waals surface area (Å²) < 4.78 is 10.5. The molecule has 0 aliphatic rings. The molecule has 0 unspecified atom stereocenters. The van der Waals surface area contributed by atoms with E-state index in [9.17, 15) is 24.0 Å². The molecule has 5 aromatic rings. The highest BCUT2D eigenvalue weighted by molar-refractivity contribution is 8.00. The smallest absolute Gasteiger partial charge is 0.341 e. The normalized spacial score (nSPS) is 10.9. The van der Waals surface area contributed by atoms with Crippen molar-refractivity contribution in [2.24, 2.45) is 0 Å². The third kappa shape index (κ3) is 10.4. The minimum atomic E-state index is -0.647. The van der Waals surface area contributed by atoms with Crippen LogP contribution in [0.2, 0.25) is 0 Å². The van der Waals surface area contributed by atoms with Crippen LogP contribution in [-0.4, -0.2) is 49.1 Å². The first kappa shape index (κ1) is 38.1. The second-order valence-electron chi connectivity index (χ2n) is 11.3. The van der Waals surface area contributed by atoms with Gasteiger partial charge in [0.2, 0.25) is 5.91 Å². The van der Waals surface area contributed by atoms with Gasteiger partial charge in [-0.2, -0.15) is 0 Å². The number of methoxy groups -OCH3 is 1. The first-order valence-electron chi connectivity index (χ1n) is 16.4. The molecule has 270 valence electrons. The molecule has 0 fully saturated rings. The molecule has 4 N–H and O–H groups in total. The van der Waals surface area contributed by atoms with Crippen molar-refractivity contribution in [1.82, 2.24) is 5.32 Å². The van der Waals surface area contributed by atoms with Crippen molar-refractivity contribution in [2.45, 2.75) is 18.7 Å². The van der Waals surface area contributed by atoms with E-state index in [-0.39, 0.29) is 33.5 Å². The van der Waals surface area contributed by atoms with Gasteiger partial charge < -0.3 is 30.7 Å². The van der Waals surface area contributed by atoms with Crippen molar-refractivity contribution in [3.05, 3.63) is 142 Å². The van der Waals surface area contributed by atoms with Gasteiger partial charge in [0.1, 0.15) is 16.4 Å². The second kappa shape index (κ2) is 18.4. The van der Waals surface area contributed by atoms with E-state index in [1.54, 1.807) is 123 Å². The molecule has 1 aromatic heterocycles. The molecule has 4 aromatic carbocycles. The highest BCUT2D eigenvalue weighted by Crippen LogP contribution is 2.35. The standard InChI is InChI=1S/C40H36N4O7S2/c1-4-51-40(49)34-25(2)35(38(48)41-28-16-9-6-10-17-28)53-39(34)44-33(45)24-52-31-20-12-18-29(23-31)42-37(47)32(22-26-13-11-19-30(21-26)50-3)43-36(46)27-14-7-5-8-15-27/h5-23H,4,24H2,1-3H3,(H,41,48)(H,42,47)(H,43,46)(H,44,45)/b32-22-. The Labute approximate surface area is 314 Å². The summed E-state index contributed by atoms with van der Waals surface area (Å²) in [5.41, 5.74) is 2.55. The second-order valence-corrected chi connectivity index (χ2v) is 13.3. The van der Waals surface area contributed by atoms with Gasteiger partial charge in [0.05, 0.1) is 29.9 Å². The van der Waals surface area contributed by atoms with Crippen LogP contribution in [0, 0.1) is 6.92 Å². The highest BCUT2D eigenvalue weighted by atomic mass is 32.2. The van der Waals surface area contributed by atoms with Gasteiger partial charge in [-0.05, 0) is 85.6 Å². The quantitative estimate of drug-likeness (QED) is 0.0514.